The van der Waals surface area contributed by atoms with E-state index in [1.165, 1.54) is 0 Å². The summed E-state index contributed by atoms with van der Waals surface area (Å²) >= 11 is 3.52. The van der Waals surface area contributed by atoms with Gasteiger partial charge in [-0.25, -0.2) is 0 Å². The summed E-state index contributed by atoms with van der Waals surface area (Å²) in [6.07, 6.45) is 1.48. The van der Waals surface area contributed by atoms with Crippen molar-refractivity contribution in [3.05, 3.63) is 24.3 Å². The van der Waals surface area contributed by atoms with E-state index in [1.807, 2.05) is 30.0 Å². The van der Waals surface area contributed by atoms with Crippen LogP contribution in [-0.2, 0) is 4.79 Å². The van der Waals surface area contributed by atoms with Gasteiger partial charge in [0.1, 0.15) is 0 Å². The number of aliphatic imine (C=N–C) groups is 1. The first kappa shape index (κ1) is 19.4. The Balaban J connectivity index is 2.05. The van der Waals surface area contributed by atoms with Crippen molar-refractivity contribution in [1.29, 1.82) is 0 Å². The van der Waals surface area contributed by atoms with E-state index in [0.717, 1.165) is 34.3 Å². The zero-order valence-corrected chi connectivity index (χ0v) is 16.9. The van der Waals surface area contributed by atoms with Crippen LogP contribution in [0.3, 0.4) is 0 Å². The number of benzene rings is 1. The highest BCUT2D eigenvalue weighted by Gasteiger charge is 2.27. The van der Waals surface area contributed by atoms with Gasteiger partial charge >= 0.3 is 0 Å². The van der Waals surface area contributed by atoms with Gasteiger partial charge in [-0.15, -0.1) is 23.5 Å². The molecule has 1 amide bonds. The zero-order chi connectivity index (χ0) is 17.8. The van der Waals surface area contributed by atoms with E-state index in [1.54, 1.807) is 11.8 Å². The van der Waals surface area contributed by atoms with Crippen molar-refractivity contribution in [2.45, 2.75) is 57.1 Å². The summed E-state index contributed by atoms with van der Waals surface area (Å²) in [6.45, 7) is 12.2. The molecule has 0 aliphatic carbocycles. The number of nitrogens with one attached hydrogen (secondary N) is 1. The standard InChI is InChI=1S/C19H28N2OS2/c1-18(2,3)13-19(4,5)24-15-9-7-6-8-14(15)21-16(22)12-17-20-10-11-23-17/h6-9H,10-13H2,1-5H3,(H,21,22). The molecule has 1 aromatic rings. The third-order valence-electron chi connectivity index (χ3n) is 3.46. The fourth-order valence-corrected chi connectivity index (χ4v) is 5.40. The molecule has 0 spiro atoms. The minimum absolute atomic E-state index is 0.0184. The molecule has 1 heterocycles. The van der Waals surface area contributed by atoms with Crippen molar-refractivity contribution in [1.82, 2.24) is 0 Å². The summed E-state index contributed by atoms with van der Waals surface area (Å²) in [6, 6.07) is 8.07. The molecule has 0 bridgehead atoms. The number of hydrogen-bond donors (Lipinski definition) is 1. The van der Waals surface area contributed by atoms with Crippen LogP contribution >= 0.6 is 23.5 Å². The zero-order valence-electron chi connectivity index (χ0n) is 15.3. The first-order chi connectivity index (χ1) is 11.1. The molecule has 1 aliphatic heterocycles. The van der Waals surface area contributed by atoms with E-state index in [9.17, 15) is 4.79 Å². The van der Waals surface area contributed by atoms with Crippen molar-refractivity contribution < 1.29 is 4.79 Å². The number of para-hydroxylation sites is 1. The van der Waals surface area contributed by atoms with Gasteiger partial charge < -0.3 is 5.32 Å². The number of rotatable bonds is 6. The number of carbonyl (C=O) groups excluding carboxylic acids is 1. The predicted molar refractivity (Wildman–Crippen MR) is 108 cm³/mol. The molecule has 0 saturated heterocycles. The van der Waals surface area contributed by atoms with E-state index in [2.05, 4.69) is 51.0 Å². The van der Waals surface area contributed by atoms with Gasteiger partial charge in [-0.1, -0.05) is 46.8 Å². The van der Waals surface area contributed by atoms with E-state index in [0.29, 0.717) is 6.42 Å². The Morgan fingerprint density at radius 1 is 1.25 bits per heavy atom. The maximum Gasteiger partial charge on any atom is 0.230 e. The SMILES string of the molecule is CC(C)(C)CC(C)(C)Sc1ccccc1NC(=O)CC1=NCCS1. The quantitative estimate of drug-likeness (QED) is 0.681. The maximum absolute atomic E-state index is 12.3. The van der Waals surface area contributed by atoms with Crippen molar-refractivity contribution in [3.63, 3.8) is 0 Å². The second-order valence-electron chi connectivity index (χ2n) is 7.94. The van der Waals surface area contributed by atoms with Crippen molar-refractivity contribution in [2.24, 2.45) is 10.4 Å². The second kappa shape index (κ2) is 7.96. The Bertz CT molecular complexity index is 618. The van der Waals surface area contributed by atoms with Gasteiger partial charge in [0.05, 0.1) is 17.2 Å². The molecule has 0 fully saturated rings. The van der Waals surface area contributed by atoms with Gasteiger partial charge in [-0.05, 0) is 24.0 Å². The van der Waals surface area contributed by atoms with Crippen LogP contribution in [0.25, 0.3) is 0 Å². The molecule has 3 nitrogen and oxygen atoms in total. The smallest absolute Gasteiger partial charge is 0.230 e. The third kappa shape index (κ3) is 6.52. The Morgan fingerprint density at radius 3 is 2.58 bits per heavy atom. The van der Waals surface area contributed by atoms with E-state index in [4.69, 9.17) is 0 Å². The molecule has 24 heavy (non-hydrogen) atoms. The van der Waals surface area contributed by atoms with Gasteiger partial charge in [0, 0.05) is 21.9 Å². The summed E-state index contributed by atoms with van der Waals surface area (Å²) in [4.78, 5) is 17.8. The van der Waals surface area contributed by atoms with Crippen LogP contribution < -0.4 is 5.32 Å². The number of thioether (sulfide) groups is 2. The lowest BCUT2D eigenvalue weighted by Gasteiger charge is -2.32. The molecular formula is C19H28N2OS2. The average molecular weight is 365 g/mol. The average Bonchev–Trinajstić information content (AvgIpc) is 2.90. The maximum atomic E-state index is 12.3. The summed E-state index contributed by atoms with van der Waals surface area (Å²) in [5.41, 5.74) is 1.17. The van der Waals surface area contributed by atoms with E-state index >= 15 is 0 Å². The normalized spacial score (nSPS) is 15.3. The molecule has 0 aromatic heterocycles. The summed E-state index contributed by atoms with van der Waals surface area (Å²) in [5.74, 6) is 1.01. The molecule has 0 atom stereocenters. The fraction of sp³-hybridized carbons (Fsp3) is 0.579. The molecule has 1 aromatic carbocycles. The first-order valence-corrected chi connectivity index (χ1v) is 10.2. The lowest BCUT2D eigenvalue weighted by molar-refractivity contribution is -0.115. The topological polar surface area (TPSA) is 41.5 Å². The summed E-state index contributed by atoms with van der Waals surface area (Å²) in [7, 11) is 0. The molecule has 1 N–H and O–H groups in total. The van der Waals surface area contributed by atoms with Gasteiger partial charge in [-0.3, -0.25) is 9.79 Å². The molecule has 0 saturated carbocycles. The molecule has 0 unspecified atom stereocenters. The second-order valence-corrected chi connectivity index (χ2v) is 10.9. The van der Waals surface area contributed by atoms with Crippen LogP contribution in [-0.4, -0.2) is 28.0 Å². The highest BCUT2D eigenvalue weighted by molar-refractivity contribution is 8.14. The number of anilines is 1. The predicted octanol–water partition coefficient (Wildman–Crippen LogP) is 5.47. The highest BCUT2D eigenvalue weighted by Crippen LogP contribution is 2.43. The largest absolute Gasteiger partial charge is 0.325 e. The van der Waals surface area contributed by atoms with Crippen LogP contribution in [0.4, 0.5) is 5.69 Å². The molecule has 5 heteroatoms. The van der Waals surface area contributed by atoms with Gasteiger partial charge in [0.25, 0.3) is 0 Å². The van der Waals surface area contributed by atoms with Crippen LogP contribution in [0.5, 0.6) is 0 Å². The van der Waals surface area contributed by atoms with Gasteiger partial charge in [-0.2, -0.15) is 0 Å². The minimum atomic E-state index is 0.0184. The Kier molecular flexibility index (Phi) is 6.43. The molecule has 1 aliphatic rings. The first-order valence-electron chi connectivity index (χ1n) is 8.39. The lowest BCUT2D eigenvalue weighted by Crippen LogP contribution is -2.23. The Hall–Kier alpha value is -0.940. The fourth-order valence-electron chi connectivity index (χ4n) is 3.09. The minimum Gasteiger partial charge on any atom is -0.325 e. The summed E-state index contributed by atoms with van der Waals surface area (Å²) < 4.78 is 0.102. The monoisotopic (exact) mass is 364 g/mol. The lowest BCUT2D eigenvalue weighted by atomic mass is 9.86. The van der Waals surface area contributed by atoms with E-state index < -0.39 is 0 Å². The molecule has 132 valence electrons. The third-order valence-corrected chi connectivity index (χ3v) is 5.73. The van der Waals surface area contributed by atoms with Crippen molar-refractivity contribution in [2.75, 3.05) is 17.6 Å². The van der Waals surface area contributed by atoms with Crippen LogP contribution in [0, 0.1) is 5.41 Å². The molecular weight excluding hydrogens is 336 g/mol. The molecule has 0 radical (unpaired) electrons. The Morgan fingerprint density at radius 2 is 1.96 bits per heavy atom. The van der Waals surface area contributed by atoms with Crippen LogP contribution in [0.15, 0.2) is 34.2 Å². The summed E-state index contributed by atoms with van der Waals surface area (Å²) in [5, 5.41) is 4.02. The van der Waals surface area contributed by atoms with Gasteiger partial charge in [0.15, 0.2) is 0 Å². The van der Waals surface area contributed by atoms with Crippen LogP contribution in [0.2, 0.25) is 0 Å². The number of hydrogen-bond acceptors (Lipinski definition) is 4. The highest BCUT2D eigenvalue weighted by atomic mass is 32.2. The van der Waals surface area contributed by atoms with E-state index in [-0.39, 0.29) is 16.1 Å². The number of nitrogens with zero attached hydrogens (tertiary/aromatic N) is 1. The van der Waals surface area contributed by atoms with Crippen LogP contribution in [0.1, 0.15) is 47.5 Å². The Labute approximate surface area is 154 Å². The number of carbonyl (C=O) groups is 1. The van der Waals surface area contributed by atoms with Gasteiger partial charge in [0.2, 0.25) is 5.91 Å². The molecule has 2 rings (SSSR count). The van der Waals surface area contributed by atoms with Crippen molar-refractivity contribution in [3.8, 4) is 0 Å². The van der Waals surface area contributed by atoms with Crippen molar-refractivity contribution >= 4 is 40.2 Å². The number of amides is 1.